The number of phenolic OH excluding ortho intramolecular Hbond substituents is 1. The lowest BCUT2D eigenvalue weighted by molar-refractivity contribution is -0.119. The monoisotopic (exact) mass is 482 g/mol. The van der Waals surface area contributed by atoms with E-state index >= 15 is 0 Å². The molecule has 36 heavy (non-hydrogen) atoms. The number of anilines is 2. The minimum Gasteiger partial charge on any atom is -0.505 e. The Kier molecular flexibility index (Phi) is 6.98. The average Bonchev–Trinajstić information content (AvgIpc) is 3.17. The van der Waals surface area contributed by atoms with E-state index in [-0.39, 0.29) is 35.6 Å². The SMILES string of the molecule is CC1=NN(c2ccc(C)c(C)c2)C(=O)/C1=N\Nc1cccc(-c2ccc(C(C)C(=O)C[NH])cc2)c1O. The van der Waals surface area contributed by atoms with Gasteiger partial charge < -0.3 is 5.11 Å². The standard InChI is InChI=1S/C28H28N5O3/c1-16-8-13-22(14-17(16)2)33-28(36)26(19(4)32-33)31-30-24-7-5-6-23(27(24)35)21-11-9-20(10-12-21)18(3)25(34)15-29/h5-14,18,29-30,35H,15H2,1-4H3/b31-26-. The number of phenols is 1. The van der Waals surface area contributed by atoms with Crippen molar-refractivity contribution >= 4 is 34.5 Å². The summed E-state index contributed by atoms with van der Waals surface area (Å²) in [6.45, 7) is 7.22. The first-order chi connectivity index (χ1) is 17.2. The van der Waals surface area contributed by atoms with Gasteiger partial charge in [0.15, 0.2) is 11.5 Å². The van der Waals surface area contributed by atoms with Gasteiger partial charge in [0, 0.05) is 11.5 Å². The normalized spacial score (nSPS) is 15.2. The van der Waals surface area contributed by atoms with Crippen molar-refractivity contribution in [3.63, 3.8) is 0 Å². The summed E-state index contributed by atoms with van der Waals surface area (Å²) in [7, 11) is 0. The fraction of sp³-hybridized carbons (Fsp3) is 0.214. The highest BCUT2D eigenvalue weighted by Crippen LogP contribution is 2.36. The van der Waals surface area contributed by atoms with Crippen LogP contribution in [-0.4, -0.2) is 34.8 Å². The van der Waals surface area contributed by atoms with Crippen molar-refractivity contribution in [1.82, 2.24) is 5.73 Å². The molecule has 1 radical (unpaired) electrons. The van der Waals surface area contributed by atoms with Crippen LogP contribution in [0.3, 0.4) is 0 Å². The van der Waals surface area contributed by atoms with E-state index in [0.29, 0.717) is 22.6 Å². The molecule has 0 saturated carbocycles. The first-order valence-electron chi connectivity index (χ1n) is 11.6. The smallest absolute Gasteiger partial charge is 0.301 e. The zero-order chi connectivity index (χ0) is 26.0. The van der Waals surface area contributed by atoms with Crippen LogP contribution in [0, 0.1) is 13.8 Å². The molecule has 1 aliphatic heterocycles. The number of benzene rings is 3. The maximum atomic E-state index is 13.0. The molecule has 0 aliphatic carbocycles. The zero-order valence-electron chi connectivity index (χ0n) is 20.7. The van der Waals surface area contributed by atoms with Gasteiger partial charge in [-0.2, -0.15) is 15.2 Å². The van der Waals surface area contributed by atoms with E-state index in [1.165, 1.54) is 5.01 Å². The van der Waals surface area contributed by atoms with Crippen molar-refractivity contribution in [3.05, 3.63) is 77.4 Å². The molecule has 0 spiro atoms. The number of carbonyl (C=O) groups excluding carboxylic acids is 2. The Morgan fingerprint density at radius 2 is 1.81 bits per heavy atom. The third-order valence-corrected chi connectivity index (χ3v) is 6.43. The molecular formula is C28H28N5O3. The predicted molar refractivity (Wildman–Crippen MR) is 142 cm³/mol. The molecule has 3 aromatic carbocycles. The van der Waals surface area contributed by atoms with E-state index in [9.17, 15) is 14.7 Å². The van der Waals surface area contributed by atoms with Crippen LogP contribution >= 0.6 is 0 Å². The van der Waals surface area contributed by atoms with Crippen LogP contribution in [0.25, 0.3) is 11.1 Å². The molecule has 1 atom stereocenters. The van der Waals surface area contributed by atoms with Gasteiger partial charge in [0.1, 0.15) is 5.75 Å². The molecule has 1 aliphatic rings. The largest absolute Gasteiger partial charge is 0.505 e. The summed E-state index contributed by atoms with van der Waals surface area (Å²) < 4.78 is 0. The lowest BCUT2D eigenvalue weighted by Gasteiger charge is -2.13. The third kappa shape index (κ3) is 4.76. The summed E-state index contributed by atoms with van der Waals surface area (Å²) in [5.74, 6) is -0.875. The first kappa shape index (κ1) is 24.8. The minimum atomic E-state index is -0.356. The molecular weight excluding hydrogens is 454 g/mol. The molecule has 183 valence electrons. The number of Topliss-reactive ketones (excluding diaryl/α,β-unsaturated/α-hetero) is 1. The maximum absolute atomic E-state index is 13.0. The second kappa shape index (κ2) is 10.1. The molecule has 8 nitrogen and oxygen atoms in total. The van der Waals surface area contributed by atoms with Gasteiger partial charge >= 0.3 is 5.91 Å². The topological polar surface area (TPSA) is 118 Å². The lowest BCUT2D eigenvalue weighted by Crippen LogP contribution is -2.28. The number of aromatic hydroxyl groups is 1. The molecule has 1 unspecified atom stereocenters. The quantitative estimate of drug-likeness (QED) is 0.371. The van der Waals surface area contributed by atoms with Crippen molar-refractivity contribution in [2.45, 2.75) is 33.6 Å². The number of hydrazone groups is 2. The first-order valence-corrected chi connectivity index (χ1v) is 11.6. The summed E-state index contributed by atoms with van der Waals surface area (Å²) in [6.07, 6.45) is 0. The van der Waals surface area contributed by atoms with Gasteiger partial charge in [-0.05, 0) is 61.2 Å². The van der Waals surface area contributed by atoms with Crippen molar-refractivity contribution in [2.75, 3.05) is 17.0 Å². The van der Waals surface area contributed by atoms with E-state index in [4.69, 9.17) is 5.73 Å². The second-order valence-corrected chi connectivity index (χ2v) is 8.83. The van der Waals surface area contributed by atoms with Crippen molar-refractivity contribution in [1.29, 1.82) is 0 Å². The van der Waals surface area contributed by atoms with Gasteiger partial charge in [0.05, 0.1) is 23.6 Å². The number of nitrogens with zero attached hydrogens (tertiary/aromatic N) is 3. The summed E-state index contributed by atoms with van der Waals surface area (Å²) >= 11 is 0. The summed E-state index contributed by atoms with van der Waals surface area (Å²) in [6, 6.07) is 18.2. The molecule has 3 N–H and O–H groups in total. The van der Waals surface area contributed by atoms with Crippen molar-refractivity contribution in [3.8, 4) is 16.9 Å². The molecule has 4 rings (SSSR count). The van der Waals surface area contributed by atoms with Crippen molar-refractivity contribution in [2.24, 2.45) is 10.2 Å². The van der Waals surface area contributed by atoms with Crippen LogP contribution in [0.15, 0.2) is 70.9 Å². The molecule has 1 heterocycles. The van der Waals surface area contributed by atoms with Crippen LogP contribution in [0.2, 0.25) is 0 Å². The van der Waals surface area contributed by atoms with E-state index in [2.05, 4.69) is 15.6 Å². The van der Waals surface area contributed by atoms with Crippen LogP contribution in [0.4, 0.5) is 11.4 Å². The predicted octanol–water partition coefficient (Wildman–Crippen LogP) is 4.82. The number of hydrogen-bond acceptors (Lipinski definition) is 6. The highest BCUT2D eigenvalue weighted by molar-refractivity contribution is 6.71. The van der Waals surface area contributed by atoms with Crippen molar-refractivity contribution < 1.29 is 14.7 Å². The fourth-order valence-electron chi connectivity index (χ4n) is 3.93. The van der Waals surface area contributed by atoms with E-state index in [1.807, 2.05) is 56.3 Å². The molecule has 8 heteroatoms. The summed E-state index contributed by atoms with van der Waals surface area (Å²) in [5, 5.41) is 20.9. The highest BCUT2D eigenvalue weighted by Gasteiger charge is 2.31. The molecule has 3 aromatic rings. The Hall–Kier alpha value is -4.30. The number of amides is 1. The van der Waals surface area contributed by atoms with Gasteiger partial charge in [0.2, 0.25) is 0 Å². The Bertz CT molecular complexity index is 1390. The summed E-state index contributed by atoms with van der Waals surface area (Å²) in [5.41, 5.74) is 16.1. The number of ketones is 1. The zero-order valence-corrected chi connectivity index (χ0v) is 20.7. The molecule has 0 aromatic heterocycles. The van der Waals surface area contributed by atoms with Gasteiger partial charge in [-0.3, -0.25) is 15.0 Å². The number of aryl methyl sites for hydroxylation is 2. The van der Waals surface area contributed by atoms with E-state index < -0.39 is 0 Å². The Morgan fingerprint density at radius 1 is 1.08 bits per heavy atom. The number of nitrogens with one attached hydrogen (secondary N) is 2. The number of para-hydroxylation sites is 1. The van der Waals surface area contributed by atoms with Crippen LogP contribution in [0.5, 0.6) is 5.75 Å². The molecule has 0 fully saturated rings. The average molecular weight is 483 g/mol. The fourth-order valence-corrected chi connectivity index (χ4v) is 3.93. The number of hydrogen-bond donors (Lipinski definition) is 2. The second-order valence-electron chi connectivity index (χ2n) is 8.83. The van der Waals surface area contributed by atoms with E-state index in [1.54, 1.807) is 32.0 Å². The van der Waals surface area contributed by atoms with Gasteiger partial charge in [-0.15, -0.1) is 0 Å². The van der Waals surface area contributed by atoms with Gasteiger partial charge in [-0.1, -0.05) is 49.4 Å². The van der Waals surface area contributed by atoms with Crippen LogP contribution < -0.4 is 16.2 Å². The number of carbonyl (C=O) groups is 2. The van der Waals surface area contributed by atoms with Crippen LogP contribution in [-0.2, 0) is 9.59 Å². The van der Waals surface area contributed by atoms with Gasteiger partial charge in [0.25, 0.3) is 0 Å². The van der Waals surface area contributed by atoms with E-state index in [0.717, 1.165) is 22.3 Å². The minimum absolute atomic E-state index is 0.0177. The Morgan fingerprint density at radius 3 is 2.47 bits per heavy atom. The Labute approximate surface area is 210 Å². The number of rotatable bonds is 7. The molecule has 0 saturated heterocycles. The Balaban J connectivity index is 1.55. The molecule has 0 bridgehead atoms. The van der Waals surface area contributed by atoms with Crippen LogP contribution in [0.1, 0.15) is 36.5 Å². The maximum Gasteiger partial charge on any atom is 0.301 e. The highest BCUT2D eigenvalue weighted by atomic mass is 16.3. The lowest BCUT2D eigenvalue weighted by atomic mass is 9.94. The summed E-state index contributed by atoms with van der Waals surface area (Å²) in [4.78, 5) is 24.8. The van der Waals surface area contributed by atoms with Gasteiger partial charge in [-0.25, -0.2) is 5.73 Å². The third-order valence-electron chi connectivity index (χ3n) is 6.43. The molecule has 1 amide bonds.